The van der Waals surface area contributed by atoms with Gasteiger partial charge < -0.3 is 18.9 Å². The first-order chi connectivity index (χ1) is 14.0. The number of ether oxygens (including phenoxy) is 4. The van der Waals surface area contributed by atoms with E-state index in [1.165, 1.54) is 21.3 Å². The monoisotopic (exact) mass is 415 g/mol. The third-order valence-corrected chi connectivity index (χ3v) is 5.09. The lowest BCUT2D eigenvalue weighted by atomic mass is 10.1. The van der Waals surface area contributed by atoms with Crippen LogP contribution in [0.25, 0.3) is 6.08 Å². The largest absolute Gasteiger partial charge is 0.493 e. The molecule has 0 unspecified atom stereocenters. The minimum atomic E-state index is -0.427. The van der Waals surface area contributed by atoms with Crippen molar-refractivity contribution in [1.82, 2.24) is 0 Å². The lowest BCUT2D eigenvalue weighted by Gasteiger charge is -2.17. The third-order valence-electron chi connectivity index (χ3n) is 4.22. The number of carbonyl (C=O) groups is 2. The Hall–Kier alpha value is -3.13. The van der Waals surface area contributed by atoms with E-state index in [1.807, 2.05) is 6.92 Å². The molecule has 1 fully saturated rings. The van der Waals surface area contributed by atoms with Crippen molar-refractivity contribution < 1.29 is 28.5 Å². The highest BCUT2D eigenvalue weighted by Crippen LogP contribution is 2.44. The quantitative estimate of drug-likeness (QED) is 0.622. The summed E-state index contributed by atoms with van der Waals surface area (Å²) < 4.78 is 21.7. The fraction of sp³-hybridized carbons (Fsp3) is 0.238. The maximum Gasteiger partial charge on any atom is 0.298 e. The number of imide groups is 1. The molecule has 0 radical (unpaired) electrons. The Bertz CT molecular complexity index is 972. The Morgan fingerprint density at radius 3 is 2.31 bits per heavy atom. The molecular formula is C21H21NO6S. The summed E-state index contributed by atoms with van der Waals surface area (Å²) >= 11 is 0.856. The van der Waals surface area contributed by atoms with E-state index in [0.29, 0.717) is 40.9 Å². The number of nitrogens with zero attached hydrogens (tertiary/aromatic N) is 1. The minimum Gasteiger partial charge on any atom is -0.493 e. The first kappa shape index (κ1) is 20.6. The fourth-order valence-electron chi connectivity index (χ4n) is 2.97. The number of benzene rings is 2. The van der Waals surface area contributed by atoms with E-state index in [2.05, 4.69) is 0 Å². The number of rotatable bonds is 7. The zero-order chi connectivity index (χ0) is 21.0. The van der Waals surface area contributed by atoms with Gasteiger partial charge in [0.15, 0.2) is 11.5 Å². The van der Waals surface area contributed by atoms with Gasteiger partial charge in [-0.15, -0.1) is 0 Å². The highest BCUT2D eigenvalue weighted by Gasteiger charge is 2.38. The van der Waals surface area contributed by atoms with Crippen LogP contribution in [0.2, 0.25) is 0 Å². The highest BCUT2D eigenvalue weighted by atomic mass is 32.2. The second-order valence-electron chi connectivity index (χ2n) is 5.84. The third kappa shape index (κ3) is 3.88. The molecule has 0 aromatic heterocycles. The van der Waals surface area contributed by atoms with Crippen LogP contribution in [0.3, 0.4) is 0 Å². The minimum absolute atomic E-state index is 0.270. The van der Waals surface area contributed by atoms with Gasteiger partial charge in [-0.3, -0.25) is 9.59 Å². The van der Waals surface area contributed by atoms with E-state index in [4.69, 9.17) is 18.9 Å². The van der Waals surface area contributed by atoms with E-state index < -0.39 is 11.1 Å². The molecule has 0 aliphatic carbocycles. The number of hydrogen-bond acceptors (Lipinski definition) is 7. The molecule has 0 spiro atoms. The van der Waals surface area contributed by atoms with Crippen LogP contribution in [0.15, 0.2) is 41.3 Å². The summed E-state index contributed by atoms with van der Waals surface area (Å²) in [5, 5.41) is -0.396. The summed E-state index contributed by atoms with van der Waals surface area (Å²) in [6, 6.07) is 10.4. The SMILES string of the molecule is CCOc1ccccc1N1C(=O)S/C(=C\c2ccc(OC)c(OC)c2OC)C1=O. The number of para-hydroxylation sites is 2. The van der Waals surface area contributed by atoms with E-state index in [0.717, 1.165) is 16.7 Å². The number of methoxy groups -OCH3 is 3. The van der Waals surface area contributed by atoms with E-state index >= 15 is 0 Å². The highest BCUT2D eigenvalue weighted by molar-refractivity contribution is 8.19. The number of hydrogen-bond donors (Lipinski definition) is 0. The van der Waals surface area contributed by atoms with Crippen molar-refractivity contribution in [3.63, 3.8) is 0 Å². The van der Waals surface area contributed by atoms with Gasteiger partial charge in [0.1, 0.15) is 5.75 Å². The number of thioether (sulfide) groups is 1. The standard InChI is InChI=1S/C21H21NO6S/c1-5-28-15-9-7-6-8-14(15)22-20(23)17(29-21(22)24)12-13-10-11-16(25-2)19(27-4)18(13)26-3/h6-12H,5H2,1-4H3/b17-12-. The van der Waals surface area contributed by atoms with E-state index in [-0.39, 0.29) is 4.91 Å². The normalized spacial score (nSPS) is 15.0. The first-order valence-electron chi connectivity index (χ1n) is 8.84. The van der Waals surface area contributed by atoms with Crippen LogP contribution in [-0.4, -0.2) is 39.1 Å². The summed E-state index contributed by atoms with van der Waals surface area (Å²) in [6.45, 7) is 2.26. The molecule has 8 heteroatoms. The lowest BCUT2D eigenvalue weighted by molar-refractivity contribution is -0.113. The Morgan fingerprint density at radius 1 is 0.931 bits per heavy atom. The van der Waals surface area contributed by atoms with Crippen LogP contribution in [0.4, 0.5) is 10.5 Å². The molecule has 0 bridgehead atoms. The summed E-state index contributed by atoms with van der Waals surface area (Å²) in [6.07, 6.45) is 1.61. The lowest BCUT2D eigenvalue weighted by Crippen LogP contribution is -2.28. The Kier molecular flexibility index (Phi) is 6.33. The average molecular weight is 415 g/mol. The van der Waals surface area contributed by atoms with Crippen molar-refractivity contribution in [3.05, 3.63) is 46.9 Å². The predicted octanol–water partition coefficient (Wildman–Crippen LogP) is 4.35. The molecule has 2 aromatic rings. The molecule has 152 valence electrons. The fourth-order valence-corrected chi connectivity index (χ4v) is 3.80. The summed E-state index contributed by atoms with van der Waals surface area (Å²) in [4.78, 5) is 27.0. The molecule has 2 aromatic carbocycles. The first-order valence-corrected chi connectivity index (χ1v) is 9.66. The van der Waals surface area contributed by atoms with Gasteiger partial charge in [-0.05, 0) is 49.0 Å². The molecule has 1 heterocycles. The number of anilines is 1. The van der Waals surface area contributed by atoms with Gasteiger partial charge in [0.2, 0.25) is 5.75 Å². The van der Waals surface area contributed by atoms with Gasteiger partial charge in [0.05, 0.1) is 38.5 Å². The van der Waals surface area contributed by atoms with Crippen LogP contribution in [-0.2, 0) is 4.79 Å². The predicted molar refractivity (Wildman–Crippen MR) is 112 cm³/mol. The van der Waals surface area contributed by atoms with Gasteiger partial charge in [0.25, 0.3) is 11.1 Å². The summed E-state index contributed by atoms with van der Waals surface area (Å²) in [7, 11) is 4.53. The molecule has 0 N–H and O–H groups in total. The van der Waals surface area contributed by atoms with Crippen molar-refractivity contribution in [1.29, 1.82) is 0 Å². The van der Waals surface area contributed by atoms with E-state index in [9.17, 15) is 9.59 Å². The van der Waals surface area contributed by atoms with Crippen molar-refractivity contribution in [2.75, 3.05) is 32.8 Å². The van der Waals surface area contributed by atoms with Crippen molar-refractivity contribution in [3.8, 4) is 23.0 Å². The molecule has 1 aliphatic rings. The molecule has 0 atom stereocenters. The molecule has 7 nitrogen and oxygen atoms in total. The smallest absolute Gasteiger partial charge is 0.298 e. The Morgan fingerprint density at radius 2 is 1.66 bits per heavy atom. The van der Waals surface area contributed by atoms with Crippen LogP contribution >= 0.6 is 11.8 Å². The molecule has 3 rings (SSSR count). The van der Waals surface area contributed by atoms with Crippen LogP contribution in [0.5, 0.6) is 23.0 Å². The molecule has 1 aliphatic heterocycles. The number of carbonyl (C=O) groups excluding carboxylic acids is 2. The van der Waals surface area contributed by atoms with Gasteiger partial charge in [-0.1, -0.05) is 12.1 Å². The van der Waals surface area contributed by atoms with Crippen LogP contribution < -0.4 is 23.8 Å². The van der Waals surface area contributed by atoms with Crippen molar-refractivity contribution in [2.45, 2.75) is 6.92 Å². The summed E-state index contributed by atoms with van der Waals surface area (Å²) in [5.41, 5.74) is 1.01. The molecule has 29 heavy (non-hydrogen) atoms. The average Bonchev–Trinajstić information content (AvgIpc) is 3.01. The maximum absolute atomic E-state index is 13.0. The van der Waals surface area contributed by atoms with Crippen LogP contribution in [0.1, 0.15) is 12.5 Å². The summed E-state index contributed by atoms with van der Waals surface area (Å²) in [5.74, 6) is 1.37. The van der Waals surface area contributed by atoms with Gasteiger partial charge in [0, 0.05) is 5.56 Å². The van der Waals surface area contributed by atoms with E-state index in [1.54, 1.807) is 42.5 Å². The molecule has 0 saturated carbocycles. The number of amides is 2. The maximum atomic E-state index is 13.0. The van der Waals surface area contributed by atoms with Gasteiger partial charge >= 0.3 is 0 Å². The topological polar surface area (TPSA) is 74.3 Å². The molecular weight excluding hydrogens is 394 g/mol. The van der Waals surface area contributed by atoms with Gasteiger partial charge in [-0.25, -0.2) is 4.90 Å². The van der Waals surface area contributed by atoms with Crippen molar-refractivity contribution >= 4 is 34.7 Å². The zero-order valence-electron chi connectivity index (χ0n) is 16.6. The van der Waals surface area contributed by atoms with Gasteiger partial charge in [-0.2, -0.15) is 0 Å². The second-order valence-corrected chi connectivity index (χ2v) is 6.83. The Labute approximate surface area is 173 Å². The molecule has 1 saturated heterocycles. The Balaban J connectivity index is 2.02. The molecule has 2 amide bonds. The van der Waals surface area contributed by atoms with Crippen molar-refractivity contribution in [2.24, 2.45) is 0 Å². The van der Waals surface area contributed by atoms with Crippen LogP contribution in [0, 0.1) is 0 Å². The second kappa shape index (κ2) is 8.91. The zero-order valence-corrected chi connectivity index (χ0v) is 17.4.